The van der Waals surface area contributed by atoms with Crippen LogP contribution in [0.25, 0.3) is 11.1 Å². The monoisotopic (exact) mass is 591 g/mol. The van der Waals surface area contributed by atoms with Gasteiger partial charge in [0.15, 0.2) is 0 Å². The van der Waals surface area contributed by atoms with Gasteiger partial charge in [-0.15, -0.1) is 0 Å². The molecule has 0 radical (unpaired) electrons. The van der Waals surface area contributed by atoms with Gasteiger partial charge in [0.2, 0.25) is 5.91 Å². The molecule has 0 aliphatic carbocycles. The molecular weight excluding hydrogens is 561 g/mol. The number of nitrogens with one attached hydrogen (secondary N) is 1. The van der Waals surface area contributed by atoms with Crippen molar-refractivity contribution in [2.24, 2.45) is 10.9 Å². The number of dihydropyridines is 1. The predicted molar refractivity (Wildman–Crippen MR) is 149 cm³/mol. The second kappa shape index (κ2) is 11.8. The SMILES string of the molecule is C[C@H]1CN(c2cc(F)c(-c3ccc(N4CCOCC4)c(F)c3)cc2NC(=O)C2C=NC(=O)C=C2C(F)(F)F)CCN1C. The minimum absolute atomic E-state index is 0.0391. The molecule has 2 saturated heterocycles. The van der Waals surface area contributed by atoms with Gasteiger partial charge in [-0.1, -0.05) is 6.07 Å². The molecule has 13 heteroatoms. The topological polar surface area (TPSA) is 77.5 Å². The number of likely N-dealkylation sites (N-methyl/N-ethyl adjacent to an activating group) is 1. The van der Waals surface area contributed by atoms with Crippen LogP contribution < -0.4 is 15.1 Å². The van der Waals surface area contributed by atoms with Crippen molar-refractivity contribution >= 4 is 35.1 Å². The van der Waals surface area contributed by atoms with Crippen LogP contribution >= 0.6 is 0 Å². The van der Waals surface area contributed by atoms with Crippen molar-refractivity contribution < 1.29 is 36.3 Å². The lowest BCUT2D eigenvalue weighted by Gasteiger charge is -2.40. The van der Waals surface area contributed by atoms with Crippen LogP contribution in [0, 0.1) is 17.6 Å². The quantitative estimate of drug-likeness (QED) is 0.524. The maximum atomic E-state index is 15.7. The third-order valence-corrected chi connectivity index (χ3v) is 7.83. The van der Waals surface area contributed by atoms with Crippen molar-refractivity contribution in [2.45, 2.75) is 19.1 Å². The number of carbonyl (C=O) groups is 2. The number of aliphatic imine (C=N–C) groups is 1. The second-order valence-corrected chi connectivity index (χ2v) is 10.6. The van der Waals surface area contributed by atoms with E-state index in [1.165, 1.54) is 18.2 Å². The summed E-state index contributed by atoms with van der Waals surface area (Å²) in [5.41, 5.74) is -0.525. The minimum atomic E-state index is -4.95. The molecule has 2 atom stereocenters. The lowest BCUT2D eigenvalue weighted by atomic mass is 9.95. The number of alkyl halides is 3. The highest BCUT2D eigenvalue weighted by atomic mass is 19.4. The van der Waals surface area contributed by atoms with Crippen LogP contribution in [0.2, 0.25) is 0 Å². The van der Waals surface area contributed by atoms with Gasteiger partial charge in [-0.2, -0.15) is 13.2 Å². The van der Waals surface area contributed by atoms with Crippen LogP contribution in [0.3, 0.4) is 0 Å². The number of amides is 2. The standard InChI is InChI=1S/C29H30F5N5O3/c1-17-16-39(6-5-37(17)2)26-14-22(30)19(18-3-4-25(23(31)11-18)38-7-9-42-10-8-38)12-24(26)36-28(41)20-15-35-27(40)13-21(20)29(32,33)34/h3-4,11-15,17,20H,5-10,16H2,1-2H3,(H,36,41)/t17-,20?/m0/s1. The van der Waals surface area contributed by atoms with Gasteiger partial charge in [0.1, 0.15) is 17.6 Å². The first-order valence-electron chi connectivity index (χ1n) is 13.5. The Morgan fingerprint density at radius 1 is 1.00 bits per heavy atom. The number of ether oxygens (including phenoxy) is 1. The summed E-state index contributed by atoms with van der Waals surface area (Å²) in [4.78, 5) is 33.9. The normalized spacial score (nSPS) is 21.9. The van der Waals surface area contributed by atoms with E-state index in [4.69, 9.17) is 4.74 Å². The van der Waals surface area contributed by atoms with Crippen molar-refractivity contribution in [2.75, 3.05) is 68.1 Å². The largest absolute Gasteiger partial charge is 0.414 e. The first-order chi connectivity index (χ1) is 19.9. The number of halogens is 5. The van der Waals surface area contributed by atoms with Crippen molar-refractivity contribution in [3.8, 4) is 11.1 Å². The zero-order valence-electron chi connectivity index (χ0n) is 23.0. The highest BCUT2D eigenvalue weighted by Gasteiger charge is 2.43. The smallest absolute Gasteiger partial charge is 0.378 e. The maximum Gasteiger partial charge on any atom is 0.414 e. The number of rotatable bonds is 5. The molecule has 0 bridgehead atoms. The van der Waals surface area contributed by atoms with Gasteiger partial charge in [0.25, 0.3) is 5.91 Å². The highest BCUT2D eigenvalue weighted by molar-refractivity contribution is 6.11. The van der Waals surface area contributed by atoms with Crippen LogP contribution in [-0.2, 0) is 14.3 Å². The van der Waals surface area contributed by atoms with Gasteiger partial charge >= 0.3 is 6.18 Å². The third-order valence-electron chi connectivity index (χ3n) is 7.83. The lowest BCUT2D eigenvalue weighted by molar-refractivity contribution is -0.124. The van der Waals surface area contributed by atoms with Crippen molar-refractivity contribution in [1.29, 1.82) is 0 Å². The molecule has 2 aromatic rings. The zero-order chi connectivity index (χ0) is 30.2. The predicted octanol–water partition coefficient (Wildman–Crippen LogP) is 4.26. The van der Waals surface area contributed by atoms with E-state index in [2.05, 4.69) is 15.2 Å². The summed E-state index contributed by atoms with van der Waals surface area (Å²) in [5.74, 6) is -5.36. The fraction of sp³-hybridized carbons (Fsp3) is 0.414. The van der Waals surface area contributed by atoms with Crippen molar-refractivity contribution in [3.05, 3.63) is 53.6 Å². The van der Waals surface area contributed by atoms with Gasteiger partial charge in [-0.3, -0.25) is 9.59 Å². The van der Waals surface area contributed by atoms with E-state index in [-0.39, 0.29) is 28.5 Å². The molecule has 0 saturated carbocycles. The first-order valence-corrected chi connectivity index (χ1v) is 13.5. The van der Waals surface area contributed by atoms with Gasteiger partial charge < -0.3 is 24.8 Å². The molecule has 3 heterocycles. The number of carbonyl (C=O) groups excluding carboxylic acids is 2. The Morgan fingerprint density at radius 3 is 2.40 bits per heavy atom. The van der Waals surface area contributed by atoms with Crippen LogP contribution in [0.1, 0.15) is 6.92 Å². The van der Waals surface area contributed by atoms with Gasteiger partial charge in [0, 0.05) is 56.6 Å². The van der Waals surface area contributed by atoms with Crippen LogP contribution in [0.15, 0.2) is 47.0 Å². The zero-order valence-corrected chi connectivity index (χ0v) is 23.0. The number of benzene rings is 2. The summed E-state index contributed by atoms with van der Waals surface area (Å²) in [5, 5.41) is 2.52. The van der Waals surface area contributed by atoms with E-state index in [1.807, 2.05) is 23.8 Å². The molecule has 0 spiro atoms. The van der Waals surface area contributed by atoms with Crippen molar-refractivity contribution in [3.63, 3.8) is 0 Å². The molecule has 1 unspecified atom stereocenters. The Hall–Kier alpha value is -3.84. The van der Waals surface area contributed by atoms with E-state index in [0.717, 1.165) is 0 Å². The second-order valence-electron chi connectivity index (χ2n) is 10.6. The number of hydrogen-bond acceptors (Lipinski definition) is 6. The summed E-state index contributed by atoms with van der Waals surface area (Å²) in [6.07, 6.45) is -4.00. The van der Waals surface area contributed by atoms with Crippen LogP contribution in [0.4, 0.5) is 39.0 Å². The van der Waals surface area contributed by atoms with Crippen molar-refractivity contribution in [1.82, 2.24) is 4.90 Å². The molecule has 5 rings (SSSR count). The number of nitrogens with zero attached hydrogens (tertiary/aromatic N) is 4. The number of piperazine rings is 1. The van der Waals surface area contributed by atoms with Gasteiger partial charge in [-0.05, 0) is 43.8 Å². The van der Waals surface area contributed by atoms with Crippen LogP contribution in [-0.4, -0.2) is 88.1 Å². The molecular formula is C29H30F5N5O3. The summed E-state index contributed by atoms with van der Waals surface area (Å²) < 4.78 is 77.2. The van der Waals surface area contributed by atoms with E-state index in [1.54, 1.807) is 12.1 Å². The molecule has 2 fully saturated rings. The summed E-state index contributed by atoms with van der Waals surface area (Å²) in [6.45, 7) is 5.46. The fourth-order valence-corrected chi connectivity index (χ4v) is 5.31. The summed E-state index contributed by atoms with van der Waals surface area (Å²) in [6, 6.07) is 6.87. The fourth-order valence-electron chi connectivity index (χ4n) is 5.31. The summed E-state index contributed by atoms with van der Waals surface area (Å²) in [7, 11) is 1.94. The molecule has 3 aliphatic rings. The maximum absolute atomic E-state index is 15.7. The van der Waals surface area contributed by atoms with Crippen LogP contribution in [0.5, 0.6) is 0 Å². The van der Waals surface area contributed by atoms with E-state index in [0.29, 0.717) is 63.9 Å². The Kier molecular flexibility index (Phi) is 8.33. The van der Waals surface area contributed by atoms with Gasteiger partial charge in [-0.25, -0.2) is 13.8 Å². The average Bonchev–Trinajstić information content (AvgIpc) is 2.95. The molecule has 42 heavy (non-hydrogen) atoms. The number of hydrogen-bond donors (Lipinski definition) is 1. The Bertz CT molecular complexity index is 1440. The highest BCUT2D eigenvalue weighted by Crippen LogP contribution is 2.38. The summed E-state index contributed by atoms with van der Waals surface area (Å²) >= 11 is 0. The molecule has 1 N–H and O–H groups in total. The van der Waals surface area contributed by atoms with E-state index >= 15 is 8.78 Å². The Morgan fingerprint density at radius 2 is 1.74 bits per heavy atom. The third kappa shape index (κ3) is 6.16. The van der Waals surface area contributed by atoms with E-state index < -0.39 is 41.1 Å². The number of morpholine rings is 1. The molecule has 0 aromatic heterocycles. The first kappa shape index (κ1) is 29.6. The number of anilines is 3. The molecule has 2 amide bonds. The van der Waals surface area contributed by atoms with Gasteiger partial charge in [0.05, 0.1) is 35.8 Å². The molecule has 2 aromatic carbocycles. The minimum Gasteiger partial charge on any atom is -0.378 e. The Balaban J connectivity index is 1.52. The average molecular weight is 592 g/mol. The molecule has 3 aliphatic heterocycles. The van der Waals surface area contributed by atoms with E-state index in [9.17, 15) is 22.8 Å². The molecule has 8 nitrogen and oxygen atoms in total. The lowest BCUT2D eigenvalue weighted by Crippen LogP contribution is -2.50. The Labute approximate surface area is 239 Å². The molecule has 224 valence electrons.